The Morgan fingerprint density at radius 2 is 1.82 bits per heavy atom. The Morgan fingerprint density at radius 1 is 1.18 bits per heavy atom. The number of nitrogens with two attached hydrogens (primary N) is 1. The summed E-state index contributed by atoms with van der Waals surface area (Å²) in [6, 6.07) is 0.0141. The highest BCUT2D eigenvalue weighted by atomic mass is 19.4. The molecule has 0 fully saturated rings. The molecular weight excluding hydrogens is 482 g/mol. The number of alkyl halides is 6. The number of carboxylic acid groups (broad SMARTS) is 1. The first-order valence-corrected chi connectivity index (χ1v) is 8.92. The first-order chi connectivity index (χ1) is 15.6. The van der Waals surface area contributed by atoms with Crippen LogP contribution in [0.1, 0.15) is 33.9 Å². The van der Waals surface area contributed by atoms with Crippen LogP contribution in [0.15, 0.2) is 35.5 Å². The van der Waals surface area contributed by atoms with Gasteiger partial charge in [0.2, 0.25) is 11.9 Å². The summed E-state index contributed by atoms with van der Waals surface area (Å²) in [5.74, 6) is -6.05. The molecule has 1 atom stereocenters. The minimum atomic E-state index is -4.92. The van der Waals surface area contributed by atoms with Gasteiger partial charge in [-0.2, -0.15) is 26.3 Å². The Morgan fingerprint density at radius 3 is 2.38 bits per heavy atom. The van der Waals surface area contributed by atoms with Gasteiger partial charge in [0.25, 0.3) is 5.91 Å². The Kier molecular flexibility index (Phi) is 7.53. The van der Waals surface area contributed by atoms with Crippen LogP contribution in [-0.2, 0) is 25.4 Å². The monoisotopic (exact) mass is 496 g/mol. The third-order valence-electron chi connectivity index (χ3n) is 4.20. The number of rotatable bonds is 6. The Balaban J connectivity index is 2.24. The zero-order valence-electron chi connectivity index (χ0n) is 16.6. The van der Waals surface area contributed by atoms with E-state index in [1.807, 2.05) is 5.32 Å². The summed E-state index contributed by atoms with van der Waals surface area (Å²) in [4.78, 5) is 50.5. The molecule has 2 amide bonds. The number of benzene rings is 1. The summed E-state index contributed by atoms with van der Waals surface area (Å²) in [7, 11) is 0. The number of nitrogens with zero attached hydrogens (tertiary/aromatic N) is 2. The molecule has 34 heavy (non-hydrogen) atoms. The van der Waals surface area contributed by atoms with Crippen LogP contribution in [0.25, 0.3) is 0 Å². The van der Waals surface area contributed by atoms with Crippen molar-refractivity contribution in [2.24, 2.45) is 10.9 Å². The number of nitrogens with one attached hydrogen (secondary N) is 1. The quantitative estimate of drug-likeness (QED) is 0.135. The van der Waals surface area contributed by atoms with E-state index in [1.165, 1.54) is 0 Å². The van der Waals surface area contributed by atoms with Crippen molar-refractivity contribution in [1.29, 1.82) is 0 Å². The van der Waals surface area contributed by atoms with Crippen molar-refractivity contribution in [3.8, 4) is 0 Å². The average molecular weight is 496 g/mol. The third-order valence-corrected chi connectivity index (χ3v) is 4.20. The summed E-state index contributed by atoms with van der Waals surface area (Å²) in [6.07, 6.45) is -9.87. The van der Waals surface area contributed by atoms with Crippen molar-refractivity contribution in [3.05, 3.63) is 47.0 Å². The van der Waals surface area contributed by atoms with E-state index >= 15 is 0 Å². The van der Waals surface area contributed by atoms with Crippen LogP contribution in [0.2, 0.25) is 0 Å². The van der Waals surface area contributed by atoms with Crippen molar-refractivity contribution in [2.75, 3.05) is 6.54 Å². The van der Waals surface area contributed by atoms with Crippen LogP contribution in [0.5, 0.6) is 0 Å². The molecule has 1 aromatic carbocycles. The maximum atomic E-state index is 13.1. The van der Waals surface area contributed by atoms with E-state index in [0.29, 0.717) is 24.3 Å². The van der Waals surface area contributed by atoms with Gasteiger partial charge in [-0.15, -0.1) is 0 Å². The van der Waals surface area contributed by atoms with Gasteiger partial charge in [0.05, 0.1) is 18.0 Å². The van der Waals surface area contributed by atoms with Crippen molar-refractivity contribution < 1.29 is 55.5 Å². The van der Waals surface area contributed by atoms with Crippen LogP contribution in [-0.4, -0.2) is 52.4 Å². The zero-order chi connectivity index (χ0) is 25.8. The number of hydrogen-bond donors (Lipinski definition) is 3. The topological polar surface area (TPSA) is 151 Å². The molecule has 4 N–H and O–H groups in total. The smallest absolute Gasteiger partial charge is 0.416 e. The first kappa shape index (κ1) is 26.1. The molecule has 10 nitrogen and oxygen atoms in total. The summed E-state index contributed by atoms with van der Waals surface area (Å²) in [5, 5.41) is 13.2. The van der Waals surface area contributed by atoms with Gasteiger partial charge in [-0.05, 0) is 28.9 Å². The number of oxime groups is 1. The van der Waals surface area contributed by atoms with Gasteiger partial charge >= 0.3 is 24.3 Å². The second-order valence-electron chi connectivity index (χ2n) is 6.67. The van der Waals surface area contributed by atoms with Gasteiger partial charge in [0.1, 0.15) is 6.54 Å². The second kappa shape index (κ2) is 9.80. The normalized spacial score (nSPS) is 16.5. The molecule has 1 aliphatic rings. The van der Waals surface area contributed by atoms with Gasteiger partial charge < -0.3 is 20.6 Å². The molecule has 0 spiro atoms. The number of aliphatic carboxylic acids is 1. The third kappa shape index (κ3) is 6.94. The van der Waals surface area contributed by atoms with Crippen molar-refractivity contribution >= 4 is 29.7 Å². The highest BCUT2D eigenvalue weighted by Gasteiger charge is 2.45. The fourth-order valence-electron chi connectivity index (χ4n) is 2.93. The SMILES string of the molecule is NC(=NOC(=O)/C=C/C(=O)O)NC(=O)CC1c2cc(C(F)(F)F)ccc2C(=O)N1CC(F)(F)F. The van der Waals surface area contributed by atoms with Gasteiger partial charge in [-0.1, -0.05) is 0 Å². The van der Waals surface area contributed by atoms with Crippen LogP contribution in [0.3, 0.4) is 0 Å². The molecule has 0 saturated heterocycles. The molecular formula is C18H14F6N4O6. The van der Waals surface area contributed by atoms with Crippen molar-refractivity contribution in [1.82, 2.24) is 10.2 Å². The standard InChI is InChI=1S/C18H14F6N4O6/c19-17(20,21)7-28-11(10-5-8(18(22,23)24)1-2-9(10)15(28)33)6-12(29)26-16(25)27-34-14(32)4-3-13(30)31/h1-5,11H,6-7H2,(H,30,31)(H3,25,26,27,29)/b4-3+. The number of halogens is 6. The fourth-order valence-corrected chi connectivity index (χ4v) is 2.93. The second-order valence-corrected chi connectivity index (χ2v) is 6.67. The van der Waals surface area contributed by atoms with Gasteiger partial charge in [-0.3, -0.25) is 14.9 Å². The summed E-state index contributed by atoms with van der Waals surface area (Å²) in [5.41, 5.74) is 3.17. The maximum absolute atomic E-state index is 13.1. The largest absolute Gasteiger partial charge is 0.478 e. The molecule has 2 rings (SSSR count). The van der Waals surface area contributed by atoms with Crippen LogP contribution >= 0.6 is 0 Å². The number of carboxylic acids is 1. The lowest BCUT2D eigenvalue weighted by Crippen LogP contribution is -2.41. The van der Waals surface area contributed by atoms with Gasteiger partial charge in [0.15, 0.2) is 0 Å². The predicted molar refractivity (Wildman–Crippen MR) is 98.5 cm³/mol. The van der Waals surface area contributed by atoms with E-state index in [2.05, 4.69) is 9.99 Å². The van der Waals surface area contributed by atoms with E-state index < -0.39 is 77.8 Å². The van der Waals surface area contributed by atoms with E-state index in [1.54, 1.807) is 0 Å². The minimum absolute atomic E-state index is 0.203. The molecule has 16 heteroatoms. The summed E-state index contributed by atoms with van der Waals surface area (Å²) < 4.78 is 78.1. The predicted octanol–water partition coefficient (Wildman–Crippen LogP) is 1.68. The Hall–Kier alpha value is -4.11. The molecule has 0 aliphatic carbocycles. The van der Waals surface area contributed by atoms with Crippen LogP contribution in [0, 0.1) is 0 Å². The number of hydrogen-bond acceptors (Lipinski definition) is 6. The van der Waals surface area contributed by atoms with Crippen molar-refractivity contribution in [3.63, 3.8) is 0 Å². The Labute approximate surface area is 185 Å². The highest BCUT2D eigenvalue weighted by molar-refractivity contribution is 6.01. The number of fused-ring (bicyclic) bond motifs is 1. The number of guanidine groups is 1. The number of carbonyl (C=O) groups excluding carboxylic acids is 3. The lowest BCUT2D eigenvalue weighted by Gasteiger charge is -2.26. The molecule has 1 unspecified atom stereocenters. The van der Waals surface area contributed by atoms with E-state index in [-0.39, 0.29) is 4.90 Å². The molecule has 1 heterocycles. The zero-order valence-corrected chi connectivity index (χ0v) is 16.6. The number of carbonyl (C=O) groups is 4. The molecule has 1 aromatic rings. The lowest BCUT2D eigenvalue weighted by molar-refractivity contribution is -0.146. The molecule has 0 bridgehead atoms. The summed E-state index contributed by atoms with van der Waals surface area (Å²) in [6.45, 7) is -1.84. The average Bonchev–Trinajstić information content (AvgIpc) is 2.94. The maximum Gasteiger partial charge on any atom is 0.416 e. The fraction of sp³-hybridized carbons (Fsp3) is 0.278. The van der Waals surface area contributed by atoms with Crippen LogP contribution in [0.4, 0.5) is 26.3 Å². The van der Waals surface area contributed by atoms with Gasteiger partial charge in [-0.25, -0.2) is 9.59 Å². The van der Waals surface area contributed by atoms with Crippen molar-refractivity contribution in [2.45, 2.75) is 24.8 Å². The lowest BCUT2D eigenvalue weighted by atomic mass is 9.99. The molecule has 1 aliphatic heterocycles. The highest BCUT2D eigenvalue weighted by Crippen LogP contribution is 2.41. The van der Waals surface area contributed by atoms with E-state index in [9.17, 15) is 45.5 Å². The van der Waals surface area contributed by atoms with E-state index in [0.717, 1.165) is 6.07 Å². The summed E-state index contributed by atoms with van der Waals surface area (Å²) >= 11 is 0. The van der Waals surface area contributed by atoms with Crippen LogP contribution < -0.4 is 11.1 Å². The van der Waals surface area contributed by atoms with E-state index in [4.69, 9.17) is 10.8 Å². The molecule has 0 aromatic heterocycles. The first-order valence-electron chi connectivity index (χ1n) is 8.92. The van der Waals surface area contributed by atoms with Gasteiger partial charge in [0, 0.05) is 17.7 Å². The Bertz CT molecular complexity index is 1070. The molecule has 0 radical (unpaired) electrons. The molecule has 0 saturated carbocycles. The molecule has 184 valence electrons. The number of amides is 2. The minimum Gasteiger partial charge on any atom is -0.478 e.